The Labute approximate surface area is 148 Å². The number of halogens is 2. The molecule has 0 unspecified atom stereocenters. The van der Waals surface area contributed by atoms with Crippen molar-refractivity contribution in [2.75, 3.05) is 11.9 Å². The van der Waals surface area contributed by atoms with Gasteiger partial charge in [-0.2, -0.15) is 0 Å². The van der Waals surface area contributed by atoms with E-state index in [1.165, 1.54) is 17.4 Å². The van der Waals surface area contributed by atoms with Crippen molar-refractivity contribution in [1.82, 2.24) is 0 Å². The van der Waals surface area contributed by atoms with Gasteiger partial charge in [-0.15, -0.1) is 11.3 Å². The van der Waals surface area contributed by atoms with Crippen molar-refractivity contribution >= 4 is 52.1 Å². The molecule has 4 nitrogen and oxygen atoms in total. The molecule has 0 aliphatic rings. The molecule has 0 aliphatic heterocycles. The summed E-state index contributed by atoms with van der Waals surface area (Å²) in [5, 5.41) is 3.36. The van der Waals surface area contributed by atoms with E-state index in [4.69, 9.17) is 27.9 Å². The molecule has 0 aliphatic carbocycles. The Kier molecular flexibility index (Phi) is 6.04. The average molecular weight is 372 g/mol. The van der Waals surface area contributed by atoms with Crippen molar-refractivity contribution in [2.45, 2.75) is 20.3 Å². The van der Waals surface area contributed by atoms with Crippen LogP contribution in [-0.4, -0.2) is 18.5 Å². The molecule has 7 heteroatoms. The van der Waals surface area contributed by atoms with E-state index < -0.39 is 11.9 Å². The number of carbonyl (C=O) groups is 2. The maximum atomic E-state index is 12.0. The Hall–Kier alpha value is -1.56. The van der Waals surface area contributed by atoms with Crippen LogP contribution >= 0.6 is 34.5 Å². The lowest BCUT2D eigenvalue weighted by Crippen LogP contribution is -2.20. The monoisotopic (exact) mass is 371 g/mol. The smallest absolute Gasteiger partial charge is 0.348 e. The lowest BCUT2D eigenvalue weighted by molar-refractivity contribution is -0.119. The number of carbonyl (C=O) groups excluding carboxylic acids is 2. The molecule has 2 rings (SSSR count). The van der Waals surface area contributed by atoms with Crippen molar-refractivity contribution in [3.05, 3.63) is 49.6 Å². The third-order valence-corrected chi connectivity index (χ3v) is 5.01. The molecule has 0 saturated carbocycles. The van der Waals surface area contributed by atoms with Gasteiger partial charge in [0.15, 0.2) is 6.61 Å². The summed E-state index contributed by atoms with van der Waals surface area (Å²) in [6.07, 6.45) is 0.859. The Bertz CT molecular complexity index is 743. The highest BCUT2D eigenvalue weighted by atomic mass is 35.5. The lowest BCUT2D eigenvalue weighted by Gasteiger charge is -2.08. The van der Waals surface area contributed by atoms with Crippen molar-refractivity contribution in [3.63, 3.8) is 0 Å². The molecular formula is C16H15Cl2NO3S. The van der Waals surface area contributed by atoms with Crippen LogP contribution in [0.25, 0.3) is 0 Å². The third kappa shape index (κ3) is 4.70. The Balaban J connectivity index is 1.93. The minimum atomic E-state index is -0.509. The molecule has 0 atom stereocenters. The number of rotatable bonds is 5. The van der Waals surface area contributed by atoms with E-state index >= 15 is 0 Å². The number of aryl methyl sites for hydroxylation is 2. The minimum absolute atomic E-state index is 0.357. The summed E-state index contributed by atoms with van der Waals surface area (Å²) in [7, 11) is 0. The molecule has 0 bridgehead atoms. The molecule has 0 fully saturated rings. The summed E-state index contributed by atoms with van der Waals surface area (Å²) in [5.74, 6) is -0.989. The highest BCUT2D eigenvalue weighted by molar-refractivity contribution is 7.14. The number of ether oxygens (including phenoxy) is 1. The number of esters is 1. The summed E-state index contributed by atoms with van der Waals surface area (Å²) in [6.45, 7) is 3.58. The zero-order valence-corrected chi connectivity index (χ0v) is 14.9. The number of amides is 1. The number of benzene rings is 1. The molecule has 1 aromatic carbocycles. The van der Waals surface area contributed by atoms with E-state index in [9.17, 15) is 9.59 Å². The fourth-order valence-electron chi connectivity index (χ4n) is 1.95. The van der Waals surface area contributed by atoms with E-state index in [1.54, 1.807) is 18.2 Å². The second kappa shape index (κ2) is 7.81. The van der Waals surface area contributed by atoms with Crippen LogP contribution in [0.2, 0.25) is 10.0 Å². The molecule has 1 N–H and O–H groups in total. The number of hydrogen-bond acceptors (Lipinski definition) is 4. The zero-order chi connectivity index (χ0) is 17.0. The van der Waals surface area contributed by atoms with E-state index in [0.29, 0.717) is 20.6 Å². The first-order valence-corrected chi connectivity index (χ1v) is 8.49. The van der Waals surface area contributed by atoms with Gasteiger partial charge < -0.3 is 10.1 Å². The predicted molar refractivity (Wildman–Crippen MR) is 93.8 cm³/mol. The van der Waals surface area contributed by atoms with Crippen LogP contribution in [0, 0.1) is 6.92 Å². The van der Waals surface area contributed by atoms with Crippen LogP contribution in [0.4, 0.5) is 5.69 Å². The first-order chi connectivity index (χ1) is 10.9. The second-order valence-electron chi connectivity index (χ2n) is 4.82. The van der Waals surface area contributed by atoms with Gasteiger partial charge in [-0.1, -0.05) is 30.1 Å². The number of thiophene rings is 1. The van der Waals surface area contributed by atoms with Crippen molar-refractivity contribution in [2.24, 2.45) is 0 Å². The molecule has 122 valence electrons. The summed E-state index contributed by atoms with van der Waals surface area (Å²) in [5.41, 5.74) is 1.43. The fourth-order valence-corrected chi connectivity index (χ4v) is 3.30. The van der Waals surface area contributed by atoms with Crippen LogP contribution in [0.15, 0.2) is 24.3 Å². The average Bonchev–Trinajstić information content (AvgIpc) is 2.89. The largest absolute Gasteiger partial charge is 0.451 e. The summed E-state index contributed by atoms with van der Waals surface area (Å²) < 4.78 is 5.03. The molecule has 1 heterocycles. The Morgan fingerprint density at radius 3 is 2.65 bits per heavy atom. The Morgan fingerprint density at radius 1 is 1.26 bits per heavy atom. The highest BCUT2D eigenvalue weighted by Gasteiger charge is 2.15. The van der Waals surface area contributed by atoms with E-state index in [0.717, 1.165) is 16.9 Å². The molecule has 1 amide bonds. The second-order valence-corrected chi connectivity index (χ2v) is 6.80. The van der Waals surface area contributed by atoms with E-state index in [1.807, 2.05) is 13.8 Å². The molecule has 23 heavy (non-hydrogen) atoms. The van der Waals surface area contributed by atoms with Gasteiger partial charge in [0, 0.05) is 9.90 Å². The SMILES string of the molecule is CCc1sc(C(=O)OCC(=O)Nc2cc(Cl)ccc2Cl)cc1C. The van der Waals surface area contributed by atoms with Crippen molar-refractivity contribution in [1.29, 1.82) is 0 Å². The molecule has 0 radical (unpaired) electrons. The van der Waals surface area contributed by atoms with Gasteiger partial charge in [0.05, 0.1) is 10.7 Å². The van der Waals surface area contributed by atoms with Crippen LogP contribution in [0.1, 0.15) is 27.0 Å². The maximum Gasteiger partial charge on any atom is 0.348 e. The number of nitrogens with one attached hydrogen (secondary N) is 1. The summed E-state index contributed by atoms with van der Waals surface area (Å²) in [6, 6.07) is 6.49. The van der Waals surface area contributed by atoms with Gasteiger partial charge in [0.2, 0.25) is 0 Å². The van der Waals surface area contributed by atoms with Crippen LogP contribution in [0.5, 0.6) is 0 Å². The third-order valence-electron chi connectivity index (χ3n) is 3.08. The summed E-state index contributed by atoms with van der Waals surface area (Å²) >= 11 is 13.2. The van der Waals surface area contributed by atoms with Crippen molar-refractivity contribution in [3.8, 4) is 0 Å². The number of anilines is 1. The standard InChI is InChI=1S/C16H15Cl2NO3S/c1-3-13-9(2)6-14(23-13)16(21)22-8-15(20)19-12-7-10(17)4-5-11(12)18/h4-7H,3,8H2,1-2H3,(H,19,20). The molecular weight excluding hydrogens is 357 g/mol. The van der Waals surface area contributed by atoms with Gasteiger partial charge in [-0.05, 0) is 43.2 Å². The van der Waals surface area contributed by atoms with Crippen LogP contribution in [-0.2, 0) is 16.0 Å². The first-order valence-electron chi connectivity index (χ1n) is 6.92. The molecule has 0 spiro atoms. The number of hydrogen-bond donors (Lipinski definition) is 1. The normalized spacial score (nSPS) is 10.4. The van der Waals surface area contributed by atoms with Gasteiger partial charge in [-0.25, -0.2) is 4.79 Å². The van der Waals surface area contributed by atoms with E-state index in [-0.39, 0.29) is 6.61 Å². The van der Waals surface area contributed by atoms with E-state index in [2.05, 4.69) is 5.32 Å². The first kappa shape index (κ1) is 17.8. The van der Waals surface area contributed by atoms with Crippen LogP contribution in [0.3, 0.4) is 0 Å². The van der Waals surface area contributed by atoms with Gasteiger partial charge in [0.1, 0.15) is 4.88 Å². The fraction of sp³-hybridized carbons (Fsp3) is 0.250. The molecule has 0 saturated heterocycles. The zero-order valence-electron chi connectivity index (χ0n) is 12.6. The van der Waals surface area contributed by atoms with Gasteiger partial charge >= 0.3 is 5.97 Å². The van der Waals surface area contributed by atoms with Gasteiger partial charge in [0.25, 0.3) is 5.91 Å². The van der Waals surface area contributed by atoms with Gasteiger partial charge in [-0.3, -0.25) is 4.79 Å². The molecule has 2 aromatic rings. The maximum absolute atomic E-state index is 12.0. The molecule has 1 aromatic heterocycles. The van der Waals surface area contributed by atoms with Crippen LogP contribution < -0.4 is 5.32 Å². The Morgan fingerprint density at radius 2 is 2.00 bits per heavy atom. The minimum Gasteiger partial charge on any atom is -0.451 e. The lowest BCUT2D eigenvalue weighted by atomic mass is 10.2. The highest BCUT2D eigenvalue weighted by Crippen LogP contribution is 2.25. The summed E-state index contributed by atoms with van der Waals surface area (Å²) in [4.78, 5) is 25.4. The predicted octanol–water partition coefficient (Wildman–Crippen LogP) is 4.72. The van der Waals surface area contributed by atoms with Crippen molar-refractivity contribution < 1.29 is 14.3 Å². The topological polar surface area (TPSA) is 55.4 Å². The quantitative estimate of drug-likeness (QED) is 0.773.